The largest absolute Gasteiger partial charge is 0.405 e. The number of nitrogens with zero attached hydrogens (tertiary/aromatic N) is 2. The van der Waals surface area contributed by atoms with E-state index in [-0.39, 0.29) is 6.54 Å². The third-order valence-corrected chi connectivity index (χ3v) is 4.39. The Morgan fingerprint density at radius 2 is 2.05 bits per heavy atom. The van der Waals surface area contributed by atoms with Crippen LogP contribution in [0.25, 0.3) is 0 Å². The normalized spacial score (nSPS) is 19.7. The van der Waals surface area contributed by atoms with Crippen molar-refractivity contribution in [1.29, 1.82) is 5.26 Å². The van der Waals surface area contributed by atoms with Gasteiger partial charge in [0.2, 0.25) is 5.91 Å². The molecule has 0 aromatic rings. The van der Waals surface area contributed by atoms with E-state index in [0.717, 1.165) is 0 Å². The lowest BCUT2D eigenvalue weighted by atomic mass is 9.97. The topological polar surface area (TPSA) is 56.1 Å². The van der Waals surface area contributed by atoms with Crippen molar-refractivity contribution in [2.45, 2.75) is 23.8 Å². The van der Waals surface area contributed by atoms with Crippen LogP contribution in [-0.2, 0) is 4.79 Å². The molecule has 1 fully saturated rings. The Hall–Kier alpha value is -0.940. The Morgan fingerprint density at radius 1 is 1.47 bits per heavy atom. The minimum Gasteiger partial charge on any atom is -0.346 e. The maximum absolute atomic E-state index is 11.9. The van der Waals surface area contributed by atoms with Crippen molar-refractivity contribution in [3.63, 3.8) is 0 Å². The first-order chi connectivity index (χ1) is 8.80. The lowest BCUT2D eigenvalue weighted by Crippen LogP contribution is -2.46. The highest BCUT2D eigenvalue weighted by molar-refractivity contribution is 8.00. The molecule has 0 radical (unpaired) electrons. The Balaban J connectivity index is 2.33. The average Bonchev–Trinajstić information content (AvgIpc) is 2.37. The summed E-state index contributed by atoms with van der Waals surface area (Å²) in [6.45, 7) is -0.250. The molecule has 19 heavy (non-hydrogen) atoms. The predicted molar refractivity (Wildman–Crippen MR) is 66.6 cm³/mol. The molecule has 1 rings (SSSR count). The molecule has 4 nitrogen and oxygen atoms in total. The lowest BCUT2D eigenvalue weighted by molar-refractivity contribution is -0.139. The first-order valence-corrected chi connectivity index (χ1v) is 7.05. The summed E-state index contributed by atoms with van der Waals surface area (Å²) in [4.78, 5) is 13.1. The number of carbonyl (C=O) groups is 1. The zero-order valence-corrected chi connectivity index (χ0v) is 11.4. The molecular weight excluding hydrogens is 279 g/mol. The Labute approximate surface area is 114 Å². The van der Waals surface area contributed by atoms with Gasteiger partial charge in [0.15, 0.2) is 0 Å². The molecule has 0 bridgehead atoms. The van der Waals surface area contributed by atoms with Gasteiger partial charge in [-0.25, -0.2) is 0 Å². The van der Waals surface area contributed by atoms with Crippen LogP contribution < -0.4 is 5.32 Å². The van der Waals surface area contributed by atoms with Crippen molar-refractivity contribution >= 4 is 17.7 Å². The molecule has 1 aliphatic heterocycles. The van der Waals surface area contributed by atoms with Crippen LogP contribution in [0.5, 0.6) is 0 Å². The number of likely N-dealkylation sites (tertiary alicyclic amines) is 1. The van der Waals surface area contributed by atoms with Crippen LogP contribution in [0.15, 0.2) is 0 Å². The van der Waals surface area contributed by atoms with Gasteiger partial charge in [-0.2, -0.15) is 18.4 Å². The van der Waals surface area contributed by atoms with Gasteiger partial charge in [-0.05, 0) is 19.1 Å². The SMILES string of the molecule is CSC1(C#N)CCN(CC(=O)NCC(F)(F)F)CC1. The smallest absolute Gasteiger partial charge is 0.346 e. The third-order valence-electron chi connectivity index (χ3n) is 3.11. The van der Waals surface area contributed by atoms with Crippen molar-refractivity contribution < 1.29 is 18.0 Å². The van der Waals surface area contributed by atoms with E-state index in [9.17, 15) is 18.0 Å². The van der Waals surface area contributed by atoms with Gasteiger partial charge < -0.3 is 5.32 Å². The fourth-order valence-electron chi connectivity index (χ4n) is 1.89. The van der Waals surface area contributed by atoms with E-state index in [1.807, 2.05) is 11.6 Å². The Bertz CT molecular complexity index is 359. The molecule has 0 atom stereocenters. The van der Waals surface area contributed by atoms with E-state index < -0.39 is 23.4 Å². The molecule has 1 N–H and O–H groups in total. The van der Waals surface area contributed by atoms with Crippen LogP contribution in [0.1, 0.15) is 12.8 Å². The van der Waals surface area contributed by atoms with Gasteiger partial charge in [-0.3, -0.25) is 9.69 Å². The van der Waals surface area contributed by atoms with Crippen LogP contribution >= 0.6 is 11.8 Å². The summed E-state index contributed by atoms with van der Waals surface area (Å²) in [5.41, 5.74) is 0. The second kappa shape index (κ2) is 6.48. The number of amides is 1. The van der Waals surface area contributed by atoms with E-state index in [1.54, 1.807) is 4.90 Å². The molecule has 1 heterocycles. The standard InChI is InChI=1S/C11H16F3N3OS/c1-19-10(7-15)2-4-17(5-3-10)6-9(18)16-8-11(12,13)14/h2-6,8H2,1H3,(H,16,18). The zero-order valence-electron chi connectivity index (χ0n) is 10.6. The van der Waals surface area contributed by atoms with E-state index in [2.05, 4.69) is 6.07 Å². The number of nitrogens with one attached hydrogen (secondary N) is 1. The van der Waals surface area contributed by atoms with Crippen molar-refractivity contribution in [3.05, 3.63) is 0 Å². The summed E-state index contributed by atoms with van der Waals surface area (Å²) < 4.78 is 35.3. The highest BCUT2D eigenvalue weighted by Crippen LogP contribution is 2.33. The fraction of sp³-hybridized carbons (Fsp3) is 0.818. The minimum absolute atomic E-state index is 0.0496. The molecule has 108 valence electrons. The van der Waals surface area contributed by atoms with Crippen LogP contribution in [0, 0.1) is 11.3 Å². The Kier molecular flexibility index (Phi) is 5.50. The lowest BCUT2D eigenvalue weighted by Gasteiger charge is -2.35. The third kappa shape index (κ3) is 5.28. The first kappa shape index (κ1) is 16.1. The molecule has 0 saturated carbocycles. The van der Waals surface area contributed by atoms with Crippen molar-refractivity contribution in [2.24, 2.45) is 0 Å². The summed E-state index contributed by atoms with van der Waals surface area (Å²) in [6, 6.07) is 2.27. The van der Waals surface area contributed by atoms with Gasteiger partial charge in [-0.1, -0.05) is 0 Å². The van der Waals surface area contributed by atoms with E-state index in [1.165, 1.54) is 11.8 Å². The molecule has 0 unspecified atom stereocenters. The predicted octanol–water partition coefficient (Wildman–Crippen LogP) is 1.39. The van der Waals surface area contributed by atoms with Crippen LogP contribution in [0.2, 0.25) is 0 Å². The summed E-state index contributed by atoms with van der Waals surface area (Å²) in [6.07, 6.45) is -1.27. The molecule has 8 heteroatoms. The number of alkyl halides is 3. The highest BCUT2D eigenvalue weighted by Gasteiger charge is 2.34. The van der Waals surface area contributed by atoms with Gasteiger partial charge in [0.1, 0.15) is 11.3 Å². The van der Waals surface area contributed by atoms with Gasteiger partial charge in [-0.15, -0.1) is 11.8 Å². The molecule has 0 aromatic carbocycles. The summed E-state index contributed by atoms with van der Waals surface area (Å²) >= 11 is 1.49. The summed E-state index contributed by atoms with van der Waals surface area (Å²) in [5, 5.41) is 10.9. The highest BCUT2D eigenvalue weighted by atomic mass is 32.2. The number of rotatable bonds is 4. The number of piperidine rings is 1. The molecular formula is C11H16F3N3OS. The number of carbonyl (C=O) groups excluding carboxylic acids is 1. The van der Waals surface area contributed by atoms with Gasteiger partial charge >= 0.3 is 6.18 Å². The molecule has 1 amide bonds. The van der Waals surface area contributed by atoms with Crippen LogP contribution in [0.4, 0.5) is 13.2 Å². The van der Waals surface area contributed by atoms with Crippen molar-refractivity contribution in [1.82, 2.24) is 10.2 Å². The first-order valence-electron chi connectivity index (χ1n) is 5.82. The molecule has 1 saturated heterocycles. The van der Waals surface area contributed by atoms with Crippen LogP contribution in [0.3, 0.4) is 0 Å². The maximum atomic E-state index is 11.9. The summed E-state index contributed by atoms with van der Waals surface area (Å²) in [7, 11) is 0. The quantitative estimate of drug-likeness (QED) is 0.851. The van der Waals surface area contributed by atoms with Crippen molar-refractivity contribution in [2.75, 3.05) is 32.4 Å². The second-order valence-corrected chi connectivity index (χ2v) is 5.67. The van der Waals surface area contributed by atoms with Gasteiger partial charge in [0, 0.05) is 13.1 Å². The Morgan fingerprint density at radius 3 is 2.47 bits per heavy atom. The van der Waals surface area contributed by atoms with Gasteiger partial charge in [0.05, 0.1) is 12.6 Å². The zero-order chi connectivity index (χ0) is 14.5. The number of thioether (sulfide) groups is 1. The number of nitriles is 1. The van der Waals surface area contributed by atoms with Gasteiger partial charge in [0.25, 0.3) is 0 Å². The molecule has 0 aromatic heterocycles. The van der Waals surface area contributed by atoms with E-state index in [4.69, 9.17) is 5.26 Å². The molecule has 1 aliphatic rings. The minimum atomic E-state index is -4.38. The maximum Gasteiger partial charge on any atom is 0.405 e. The van der Waals surface area contributed by atoms with E-state index in [0.29, 0.717) is 25.9 Å². The molecule has 0 aliphatic carbocycles. The van der Waals surface area contributed by atoms with E-state index >= 15 is 0 Å². The monoisotopic (exact) mass is 295 g/mol. The second-order valence-electron chi connectivity index (χ2n) is 4.48. The number of halogens is 3. The number of hydrogen-bond donors (Lipinski definition) is 1. The van der Waals surface area contributed by atoms with Crippen LogP contribution in [-0.4, -0.2) is 54.2 Å². The molecule has 0 spiro atoms. The number of hydrogen-bond acceptors (Lipinski definition) is 4. The summed E-state index contributed by atoms with van der Waals surface area (Å²) in [5.74, 6) is -0.633. The van der Waals surface area contributed by atoms with Crippen molar-refractivity contribution in [3.8, 4) is 6.07 Å². The fourth-order valence-corrected chi connectivity index (χ4v) is 2.57. The average molecular weight is 295 g/mol.